The maximum Gasteiger partial charge on any atom is 0.220 e. The number of hydrogen-bond acceptors (Lipinski definition) is 3. The summed E-state index contributed by atoms with van der Waals surface area (Å²) in [5.41, 5.74) is 0.865. The summed E-state index contributed by atoms with van der Waals surface area (Å²) >= 11 is 0. The zero-order chi connectivity index (χ0) is 18.0. The number of carbonyl (C=O) groups is 2. The molecule has 2 aliphatic heterocycles. The van der Waals surface area contributed by atoms with Crippen LogP contribution in [0.2, 0.25) is 0 Å². The Morgan fingerprint density at radius 2 is 1.96 bits per heavy atom. The molecule has 1 spiro atoms. The summed E-state index contributed by atoms with van der Waals surface area (Å²) < 4.78 is 6.41. The van der Waals surface area contributed by atoms with E-state index < -0.39 is 0 Å². The number of piperidine rings is 1. The Bertz CT molecular complexity index is 648. The number of nitrogens with one attached hydrogen (secondary N) is 1. The molecule has 1 aromatic carbocycles. The first-order valence-corrected chi connectivity index (χ1v) is 9.21. The van der Waals surface area contributed by atoms with Gasteiger partial charge in [0.2, 0.25) is 11.8 Å². The number of rotatable bonds is 3. The van der Waals surface area contributed by atoms with E-state index in [1.54, 1.807) is 6.92 Å². The molecule has 1 aromatic rings. The fourth-order valence-electron chi connectivity index (χ4n) is 4.07. The van der Waals surface area contributed by atoms with Gasteiger partial charge in [0.1, 0.15) is 11.4 Å². The molecule has 1 N–H and O–H groups in total. The highest BCUT2D eigenvalue weighted by atomic mass is 16.5. The van der Waals surface area contributed by atoms with E-state index in [9.17, 15) is 9.59 Å². The van der Waals surface area contributed by atoms with Crippen molar-refractivity contribution in [2.75, 3.05) is 13.1 Å². The topological polar surface area (TPSA) is 58.6 Å². The van der Waals surface area contributed by atoms with Crippen molar-refractivity contribution in [3.63, 3.8) is 0 Å². The van der Waals surface area contributed by atoms with E-state index in [4.69, 9.17) is 4.74 Å². The Balaban J connectivity index is 1.79. The second-order valence-electron chi connectivity index (χ2n) is 7.66. The zero-order valence-corrected chi connectivity index (χ0v) is 15.4. The molecule has 2 amide bonds. The van der Waals surface area contributed by atoms with Crippen molar-refractivity contribution in [2.45, 2.75) is 64.0 Å². The van der Waals surface area contributed by atoms with Gasteiger partial charge in [0.15, 0.2) is 0 Å². The van der Waals surface area contributed by atoms with Gasteiger partial charge in [-0.2, -0.15) is 0 Å². The van der Waals surface area contributed by atoms with Crippen LogP contribution in [0, 0.1) is 0 Å². The van der Waals surface area contributed by atoms with Crippen LogP contribution in [0.25, 0.3) is 0 Å². The molecule has 0 bridgehead atoms. The molecule has 1 unspecified atom stereocenters. The number of fused-ring (bicyclic) bond motifs is 1. The van der Waals surface area contributed by atoms with Gasteiger partial charge in [-0.15, -0.1) is 0 Å². The van der Waals surface area contributed by atoms with Gasteiger partial charge >= 0.3 is 0 Å². The number of benzene rings is 1. The van der Waals surface area contributed by atoms with Gasteiger partial charge in [-0.25, -0.2) is 0 Å². The smallest absolute Gasteiger partial charge is 0.220 e. The fourth-order valence-corrected chi connectivity index (χ4v) is 4.07. The van der Waals surface area contributed by atoms with E-state index in [0.717, 1.165) is 43.7 Å². The molecule has 2 heterocycles. The van der Waals surface area contributed by atoms with Gasteiger partial charge in [0, 0.05) is 51.2 Å². The Labute approximate surface area is 149 Å². The maximum absolute atomic E-state index is 12.3. The summed E-state index contributed by atoms with van der Waals surface area (Å²) in [5, 5.41) is 3.00. The molecule has 0 radical (unpaired) electrons. The Kier molecular flexibility index (Phi) is 5.02. The van der Waals surface area contributed by atoms with Gasteiger partial charge in [0.05, 0.1) is 0 Å². The number of likely N-dealkylation sites (tertiary alicyclic amines) is 1. The lowest BCUT2D eigenvalue weighted by atomic mass is 9.76. The van der Waals surface area contributed by atoms with Gasteiger partial charge in [-0.3, -0.25) is 9.59 Å². The van der Waals surface area contributed by atoms with E-state index in [1.807, 2.05) is 36.9 Å². The average molecular weight is 344 g/mol. The molecule has 5 heteroatoms. The molecular formula is C20H28N2O3. The molecule has 5 nitrogen and oxygen atoms in total. The average Bonchev–Trinajstić information content (AvgIpc) is 2.54. The summed E-state index contributed by atoms with van der Waals surface area (Å²) in [7, 11) is 0. The number of para-hydroxylation sites is 1. The molecular weight excluding hydrogens is 316 g/mol. The predicted molar refractivity (Wildman–Crippen MR) is 96.5 cm³/mol. The molecule has 136 valence electrons. The van der Waals surface area contributed by atoms with Crippen molar-refractivity contribution in [3.05, 3.63) is 29.8 Å². The van der Waals surface area contributed by atoms with Crippen molar-refractivity contribution in [2.24, 2.45) is 0 Å². The highest BCUT2D eigenvalue weighted by Gasteiger charge is 2.43. The van der Waals surface area contributed by atoms with Crippen LogP contribution in [-0.4, -0.2) is 41.4 Å². The first kappa shape index (κ1) is 17.8. The third kappa shape index (κ3) is 3.97. The zero-order valence-electron chi connectivity index (χ0n) is 15.4. The van der Waals surface area contributed by atoms with Crippen LogP contribution in [0.15, 0.2) is 24.3 Å². The summed E-state index contributed by atoms with van der Waals surface area (Å²) in [5.74, 6) is 1.27. The third-order valence-electron chi connectivity index (χ3n) is 5.31. The van der Waals surface area contributed by atoms with Crippen LogP contribution >= 0.6 is 0 Å². The lowest BCUT2D eigenvalue weighted by molar-refractivity contribution is -0.132. The summed E-state index contributed by atoms with van der Waals surface area (Å²) in [6, 6.07) is 8.20. The highest BCUT2D eigenvalue weighted by Crippen LogP contribution is 2.46. The Morgan fingerprint density at radius 3 is 2.60 bits per heavy atom. The first-order chi connectivity index (χ1) is 11.9. The van der Waals surface area contributed by atoms with Crippen molar-refractivity contribution in [1.29, 1.82) is 0 Å². The van der Waals surface area contributed by atoms with E-state index in [2.05, 4.69) is 11.4 Å². The molecule has 1 saturated heterocycles. The van der Waals surface area contributed by atoms with Crippen molar-refractivity contribution in [3.8, 4) is 5.75 Å². The number of hydrogen-bond donors (Lipinski definition) is 1. The molecule has 2 aliphatic rings. The standard InChI is InChI=1S/C20H28N2O3/c1-14(2)21-19(24)12-16-13-20(8-10-22(11-9-20)15(3)23)25-18-7-5-4-6-17(16)18/h4-7,14,16H,8-13H2,1-3H3,(H,21,24). The second kappa shape index (κ2) is 7.06. The van der Waals surface area contributed by atoms with Crippen LogP contribution in [0.4, 0.5) is 0 Å². The fraction of sp³-hybridized carbons (Fsp3) is 0.600. The van der Waals surface area contributed by atoms with Crippen LogP contribution in [0.5, 0.6) is 5.75 Å². The summed E-state index contributed by atoms with van der Waals surface area (Å²) in [6.45, 7) is 7.03. The van der Waals surface area contributed by atoms with Crippen LogP contribution in [0.3, 0.4) is 0 Å². The molecule has 1 fully saturated rings. The molecule has 3 rings (SSSR count). The van der Waals surface area contributed by atoms with E-state index in [1.165, 1.54) is 0 Å². The van der Waals surface area contributed by atoms with Crippen LogP contribution in [-0.2, 0) is 9.59 Å². The number of amides is 2. The predicted octanol–water partition coefficient (Wildman–Crippen LogP) is 2.85. The minimum atomic E-state index is -0.261. The van der Waals surface area contributed by atoms with Gasteiger partial charge < -0.3 is 15.0 Å². The maximum atomic E-state index is 12.3. The first-order valence-electron chi connectivity index (χ1n) is 9.21. The largest absolute Gasteiger partial charge is 0.487 e. The summed E-state index contributed by atoms with van der Waals surface area (Å²) in [6.07, 6.45) is 2.96. The van der Waals surface area contributed by atoms with Crippen molar-refractivity contribution in [1.82, 2.24) is 10.2 Å². The highest BCUT2D eigenvalue weighted by molar-refractivity contribution is 5.77. The molecule has 1 atom stereocenters. The number of nitrogens with zero attached hydrogens (tertiary/aromatic N) is 1. The molecule has 25 heavy (non-hydrogen) atoms. The van der Waals surface area contributed by atoms with Crippen molar-refractivity contribution < 1.29 is 14.3 Å². The number of carbonyl (C=O) groups excluding carboxylic acids is 2. The normalized spacial score (nSPS) is 21.6. The SMILES string of the molecule is CC(=O)N1CCC2(CC1)CC(CC(=O)NC(C)C)c1ccccc1O2. The molecule has 0 aliphatic carbocycles. The van der Waals surface area contributed by atoms with E-state index in [-0.39, 0.29) is 29.4 Å². The van der Waals surface area contributed by atoms with Crippen LogP contribution < -0.4 is 10.1 Å². The lowest BCUT2D eigenvalue weighted by Gasteiger charge is -2.46. The second-order valence-corrected chi connectivity index (χ2v) is 7.66. The Morgan fingerprint density at radius 1 is 1.28 bits per heavy atom. The minimum Gasteiger partial charge on any atom is -0.487 e. The Hall–Kier alpha value is -2.04. The quantitative estimate of drug-likeness (QED) is 0.917. The monoisotopic (exact) mass is 344 g/mol. The van der Waals surface area contributed by atoms with Gasteiger partial charge in [-0.1, -0.05) is 18.2 Å². The van der Waals surface area contributed by atoms with Gasteiger partial charge in [-0.05, 0) is 31.9 Å². The lowest BCUT2D eigenvalue weighted by Crippen LogP contribution is -2.51. The van der Waals surface area contributed by atoms with Crippen molar-refractivity contribution >= 4 is 11.8 Å². The van der Waals surface area contributed by atoms with E-state index in [0.29, 0.717) is 6.42 Å². The third-order valence-corrected chi connectivity index (χ3v) is 5.31. The minimum absolute atomic E-state index is 0.0908. The number of ether oxygens (including phenoxy) is 1. The summed E-state index contributed by atoms with van der Waals surface area (Å²) in [4.78, 5) is 25.8. The molecule has 0 aromatic heterocycles. The van der Waals surface area contributed by atoms with Gasteiger partial charge in [0.25, 0.3) is 0 Å². The van der Waals surface area contributed by atoms with E-state index >= 15 is 0 Å². The van der Waals surface area contributed by atoms with Crippen LogP contribution in [0.1, 0.15) is 57.9 Å². The molecule has 0 saturated carbocycles.